The number of benzene rings is 1. The minimum Gasteiger partial charge on any atom is -0.399 e. The molecule has 1 heterocycles. The highest BCUT2D eigenvalue weighted by molar-refractivity contribution is 7.09. The summed E-state index contributed by atoms with van der Waals surface area (Å²) in [4.78, 5) is 16.6. The summed E-state index contributed by atoms with van der Waals surface area (Å²) in [5.74, 6) is 0.124. The van der Waals surface area contributed by atoms with Crippen molar-refractivity contribution in [1.82, 2.24) is 10.3 Å². The molecule has 1 aliphatic carbocycles. The summed E-state index contributed by atoms with van der Waals surface area (Å²) in [7, 11) is 0. The highest BCUT2D eigenvalue weighted by Crippen LogP contribution is 2.48. The largest absolute Gasteiger partial charge is 0.399 e. The molecule has 104 valence electrons. The van der Waals surface area contributed by atoms with Crippen LogP contribution in [0.2, 0.25) is 0 Å². The Morgan fingerprint density at radius 1 is 1.35 bits per heavy atom. The van der Waals surface area contributed by atoms with Gasteiger partial charge in [-0.3, -0.25) is 4.79 Å². The Morgan fingerprint density at radius 3 is 2.70 bits per heavy atom. The fourth-order valence-electron chi connectivity index (χ4n) is 2.40. The normalized spacial score (nSPS) is 15.8. The van der Waals surface area contributed by atoms with Gasteiger partial charge in [0, 0.05) is 30.2 Å². The van der Waals surface area contributed by atoms with E-state index in [0.29, 0.717) is 6.54 Å². The lowest BCUT2D eigenvalue weighted by molar-refractivity contribution is -0.123. The first-order valence-corrected chi connectivity index (χ1v) is 7.61. The van der Waals surface area contributed by atoms with Crippen molar-refractivity contribution in [2.45, 2.75) is 24.7 Å². The average Bonchev–Trinajstić information content (AvgIpc) is 3.10. The van der Waals surface area contributed by atoms with Gasteiger partial charge in [0.05, 0.1) is 10.4 Å². The van der Waals surface area contributed by atoms with E-state index in [-0.39, 0.29) is 11.3 Å². The van der Waals surface area contributed by atoms with Crippen LogP contribution in [0.5, 0.6) is 0 Å². The third kappa shape index (κ3) is 2.54. The van der Waals surface area contributed by atoms with Crippen LogP contribution in [-0.4, -0.2) is 17.4 Å². The summed E-state index contributed by atoms with van der Waals surface area (Å²) in [6.45, 7) is 0.642. The van der Waals surface area contributed by atoms with E-state index in [4.69, 9.17) is 5.73 Å². The van der Waals surface area contributed by atoms with Gasteiger partial charge in [-0.15, -0.1) is 11.3 Å². The number of nitrogens with two attached hydrogens (primary N) is 1. The van der Waals surface area contributed by atoms with Crippen LogP contribution in [0.1, 0.15) is 23.4 Å². The number of aromatic nitrogens is 1. The smallest absolute Gasteiger partial charge is 0.230 e. The zero-order valence-electron chi connectivity index (χ0n) is 11.1. The van der Waals surface area contributed by atoms with Gasteiger partial charge in [-0.05, 0) is 30.5 Å². The maximum atomic E-state index is 12.4. The lowest BCUT2D eigenvalue weighted by atomic mass is 9.95. The van der Waals surface area contributed by atoms with E-state index >= 15 is 0 Å². The molecule has 0 radical (unpaired) electrons. The van der Waals surface area contributed by atoms with Crippen LogP contribution in [0, 0.1) is 0 Å². The van der Waals surface area contributed by atoms with Gasteiger partial charge in [0.15, 0.2) is 0 Å². The van der Waals surface area contributed by atoms with Gasteiger partial charge >= 0.3 is 0 Å². The molecule has 0 atom stereocenters. The van der Waals surface area contributed by atoms with Crippen LogP contribution in [0.15, 0.2) is 35.8 Å². The van der Waals surface area contributed by atoms with Gasteiger partial charge in [-0.1, -0.05) is 12.1 Å². The van der Waals surface area contributed by atoms with E-state index in [0.717, 1.165) is 35.5 Å². The van der Waals surface area contributed by atoms with Crippen molar-refractivity contribution in [3.63, 3.8) is 0 Å². The molecule has 0 spiro atoms. The first kappa shape index (κ1) is 13.1. The Kier molecular flexibility index (Phi) is 3.44. The molecule has 1 saturated carbocycles. The molecule has 0 unspecified atom stereocenters. The third-order valence-corrected chi connectivity index (χ3v) is 4.60. The topological polar surface area (TPSA) is 68.0 Å². The molecular weight excluding hydrogens is 270 g/mol. The van der Waals surface area contributed by atoms with Gasteiger partial charge in [-0.25, -0.2) is 4.98 Å². The van der Waals surface area contributed by atoms with Crippen molar-refractivity contribution in [3.8, 4) is 0 Å². The molecule has 3 N–H and O–H groups in total. The van der Waals surface area contributed by atoms with Gasteiger partial charge in [0.25, 0.3) is 0 Å². The number of hydrogen-bond donors (Lipinski definition) is 2. The van der Waals surface area contributed by atoms with E-state index < -0.39 is 0 Å². The number of nitrogens with one attached hydrogen (secondary N) is 1. The number of anilines is 1. The lowest BCUT2D eigenvalue weighted by Crippen LogP contribution is -2.35. The second-order valence-electron chi connectivity index (χ2n) is 5.14. The van der Waals surface area contributed by atoms with E-state index in [2.05, 4.69) is 10.3 Å². The van der Waals surface area contributed by atoms with Crippen molar-refractivity contribution < 1.29 is 4.79 Å². The number of carbonyl (C=O) groups is 1. The summed E-state index contributed by atoms with van der Waals surface area (Å²) in [5.41, 5.74) is 7.17. The van der Waals surface area contributed by atoms with Gasteiger partial charge in [0.1, 0.15) is 0 Å². The monoisotopic (exact) mass is 287 g/mol. The number of carbonyl (C=O) groups excluding carboxylic acids is 1. The zero-order chi connectivity index (χ0) is 14.0. The first-order chi connectivity index (χ1) is 9.71. The first-order valence-electron chi connectivity index (χ1n) is 6.73. The Hall–Kier alpha value is -1.88. The molecular formula is C15H17N3OS. The maximum absolute atomic E-state index is 12.4. The molecule has 20 heavy (non-hydrogen) atoms. The quantitative estimate of drug-likeness (QED) is 0.828. The highest BCUT2D eigenvalue weighted by Gasteiger charge is 2.50. The van der Waals surface area contributed by atoms with Crippen molar-refractivity contribution in [1.29, 1.82) is 0 Å². The summed E-state index contributed by atoms with van der Waals surface area (Å²) in [6, 6.07) is 7.64. The van der Waals surface area contributed by atoms with E-state index in [1.807, 2.05) is 29.6 Å². The van der Waals surface area contributed by atoms with Gasteiger partial charge in [0.2, 0.25) is 5.91 Å². The van der Waals surface area contributed by atoms with Crippen molar-refractivity contribution in [3.05, 3.63) is 46.4 Å². The number of hydrogen-bond acceptors (Lipinski definition) is 4. The van der Waals surface area contributed by atoms with Crippen LogP contribution in [0.25, 0.3) is 0 Å². The molecule has 4 nitrogen and oxygen atoms in total. The number of amides is 1. The number of nitrogen functional groups attached to an aromatic ring is 1. The molecule has 1 amide bonds. The highest BCUT2D eigenvalue weighted by atomic mass is 32.1. The molecule has 5 heteroatoms. The van der Waals surface area contributed by atoms with Crippen LogP contribution >= 0.6 is 11.3 Å². The fraction of sp³-hybridized carbons (Fsp3) is 0.333. The average molecular weight is 287 g/mol. The second kappa shape index (κ2) is 5.25. The van der Waals surface area contributed by atoms with Crippen LogP contribution in [0.3, 0.4) is 0 Å². The standard InChI is InChI=1S/C15H17N3OS/c16-12-3-1-11(2-4-12)15(6-7-15)14(19)18-8-5-13-17-9-10-20-13/h1-4,9-10H,5-8,16H2,(H,18,19). The molecule has 2 aromatic rings. The summed E-state index contributed by atoms with van der Waals surface area (Å²) in [5, 5.41) is 6.04. The van der Waals surface area contributed by atoms with E-state index in [9.17, 15) is 4.79 Å². The minimum atomic E-state index is -0.323. The van der Waals surface area contributed by atoms with Crippen LogP contribution in [-0.2, 0) is 16.6 Å². The van der Waals surface area contributed by atoms with Crippen LogP contribution in [0.4, 0.5) is 5.69 Å². The molecule has 0 bridgehead atoms. The number of nitrogens with zero attached hydrogens (tertiary/aromatic N) is 1. The molecule has 1 aromatic heterocycles. The third-order valence-electron chi connectivity index (χ3n) is 3.76. The minimum absolute atomic E-state index is 0.124. The lowest BCUT2D eigenvalue weighted by Gasteiger charge is -2.15. The van der Waals surface area contributed by atoms with Crippen molar-refractivity contribution >= 4 is 22.9 Å². The van der Waals surface area contributed by atoms with E-state index in [1.54, 1.807) is 17.5 Å². The summed E-state index contributed by atoms with van der Waals surface area (Å²) >= 11 is 1.62. The van der Waals surface area contributed by atoms with Crippen LogP contribution < -0.4 is 11.1 Å². The molecule has 0 aliphatic heterocycles. The van der Waals surface area contributed by atoms with Gasteiger partial charge < -0.3 is 11.1 Å². The molecule has 1 fully saturated rings. The van der Waals surface area contributed by atoms with Gasteiger partial charge in [-0.2, -0.15) is 0 Å². The Balaban J connectivity index is 1.60. The van der Waals surface area contributed by atoms with Crippen molar-refractivity contribution in [2.24, 2.45) is 0 Å². The predicted molar refractivity (Wildman–Crippen MR) is 80.6 cm³/mol. The Labute approximate surface area is 122 Å². The SMILES string of the molecule is Nc1ccc(C2(C(=O)NCCc3nccs3)CC2)cc1. The Bertz CT molecular complexity index is 588. The van der Waals surface area contributed by atoms with Crippen molar-refractivity contribution in [2.75, 3.05) is 12.3 Å². The molecule has 1 aromatic carbocycles. The van der Waals surface area contributed by atoms with E-state index in [1.165, 1.54) is 0 Å². The molecule has 0 saturated heterocycles. The zero-order valence-corrected chi connectivity index (χ0v) is 12.0. The molecule has 1 aliphatic rings. The summed E-state index contributed by atoms with van der Waals surface area (Å²) < 4.78 is 0. The maximum Gasteiger partial charge on any atom is 0.230 e. The second-order valence-corrected chi connectivity index (χ2v) is 6.11. The number of rotatable bonds is 5. The summed E-state index contributed by atoms with van der Waals surface area (Å²) in [6.07, 6.45) is 4.42. The fourth-order valence-corrected chi connectivity index (χ4v) is 3.02. The Morgan fingerprint density at radius 2 is 2.10 bits per heavy atom. The number of thiazole rings is 1. The molecule has 3 rings (SSSR count). The predicted octanol–water partition coefficient (Wildman–Crippen LogP) is 2.12.